The molecule has 0 atom stereocenters. The number of benzene rings is 1. The predicted octanol–water partition coefficient (Wildman–Crippen LogP) is 0.799. The van der Waals surface area contributed by atoms with Crippen molar-refractivity contribution in [3.63, 3.8) is 0 Å². The number of ether oxygens (including phenoxy) is 1. The Kier molecular flexibility index (Phi) is 3.97. The van der Waals surface area contributed by atoms with Gasteiger partial charge >= 0.3 is 5.97 Å². The smallest absolute Gasteiger partial charge is 0.341 e. The summed E-state index contributed by atoms with van der Waals surface area (Å²) < 4.78 is 68.3. The summed E-state index contributed by atoms with van der Waals surface area (Å²) in [5.74, 6) is -7.10. The van der Waals surface area contributed by atoms with Gasteiger partial charge in [0.25, 0.3) is 0 Å². The van der Waals surface area contributed by atoms with Gasteiger partial charge in [-0.05, 0) is 13.1 Å². The maximum atomic E-state index is 13.3. The molecule has 5 nitrogen and oxygen atoms in total. The summed E-state index contributed by atoms with van der Waals surface area (Å²) in [6, 6.07) is 0.366. The molecule has 0 aliphatic heterocycles. The second kappa shape index (κ2) is 4.94. The van der Waals surface area contributed by atoms with Crippen molar-refractivity contribution in [2.75, 3.05) is 14.2 Å². The number of sulfonamides is 1. The molecule has 1 aromatic rings. The van der Waals surface area contributed by atoms with Gasteiger partial charge in [-0.2, -0.15) is 0 Å². The number of methoxy groups -OCH3 is 1. The fourth-order valence-corrected chi connectivity index (χ4v) is 1.96. The maximum Gasteiger partial charge on any atom is 0.341 e. The molecule has 100 valence electrons. The van der Waals surface area contributed by atoms with Crippen LogP contribution in [0.5, 0.6) is 0 Å². The van der Waals surface area contributed by atoms with Crippen molar-refractivity contribution in [3.05, 3.63) is 29.1 Å². The van der Waals surface area contributed by atoms with Crippen molar-refractivity contribution in [1.82, 2.24) is 4.72 Å². The minimum absolute atomic E-state index is 0.366. The van der Waals surface area contributed by atoms with E-state index in [-0.39, 0.29) is 0 Å². The van der Waals surface area contributed by atoms with Crippen molar-refractivity contribution >= 4 is 16.0 Å². The van der Waals surface area contributed by atoms with Gasteiger partial charge in [-0.1, -0.05) is 0 Å². The zero-order valence-corrected chi connectivity index (χ0v) is 10.1. The van der Waals surface area contributed by atoms with Gasteiger partial charge in [-0.15, -0.1) is 0 Å². The summed E-state index contributed by atoms with van der Waals surface area (Å²) in [6.07, 6.45) is 0. The summed E-state index contributed by atoms with van der Waals surface area (Å²) in [6.45, 7) is 0. The van der Waals surface area contributed by atoms with E-state index in [9.17, 15) is 26.4 Å². The zero-order chi connectivity index (χ0) is 14.1. The molecule has 9 heteroatoms. The first-order valence-electron chi connectivity index (χ1n) is 4.45. The van der Waals surface area contributed by atoms with Crippen molar-refractivity contribution in [1.29, 1.82) is 0 Å². The number of rotatable bonds is 3. The minimum atomic E-state index is -4.37. The topological polar surface area (TPSA) is 72.5 Å². The van der Waals surface area contributed by atoms with Crippen molar-refractivity contribution in [2.45, 2.75) is 4.90 Å². The fraction of sp³-hybridized carbons (Fsp3) is 0.222. The first-order chi connectivity index (χ1) is 8.26. The highest BCUT2D eigenvalue weighted by molar-refractivity contribution is 7.89. The summed E-state index contributed by atoms with van der Waals surface area (Å²) in [5, 5.41) is 0. The second-order valence-electron chi connectivity index (χ2n) is 3.06. The standard InChI is InChI=1S/C9H8F3NO4S/c1-13-18(15,16)5-3-4(9(14)17-2)6(10)8(12)7(5)11/h3,13H,1-2H3. The van der Waals surface area contributed by atoms with Crippen molar-refractivity contribution in [3.8, 4) is 0 Å². The largest absolute Gasteiger partial charge is 0.465 e. The number of esters is 1. The molecular formula is C9H8F3NO4S. The summed E-state index contributed by atoms with van der Waals surface area (Å²) in [4.78, 5) is 9.92. The average molecular weight is 283 g/mol. The molecule has 18 heavy (non-hydrogen) atoms. The zero-order valence-electron chi connectivity index (χ0n) is 9.25. The third kappa shape index (κ3) is 2.31. The molecule has 0 saturated carbocycles. The van der Waals surface area contributed by atoms with E-state index in [1.54, 1.807) is 4.72 Å². The lowest BCUT2D eigenvalue weighted by Crippen LogP contribution is -2.22. The van der Waals surface area contributed by atoms with Crippen LogP contribution in [0.15, 0.2) is 11.0 Å². The average Bonchev–Trinajstić information content (AvgIpc) is 2.35. The maximum absolute atomic E-state index is 13.3. The minimum Gasteiger partial charge on any atom is -0.465 e. The number of carbonyl (C=O) groups excluding carboxylic acids is 1. The SMILES string of the molecule is CNS(=O)(=O)c1cc(C(=O)OC)c(F)c(F)c1F. The predicted molar refractivity (Wildman–Crippen MR) is 53.9 cm³/mol. The summed E-state index contributed by atoms with van der Waals surface area (Å²) >= 11 is 0. The van der Waals surface area contributed by atoms with Gasteiger partial charge in [0.2, 0.25) is 10.0 Å². The van der Waals surface area contributed by atoms with Crippen LogP contribution in [0.4, 0.5) is 13.2 Å². The molecule has 0 unspecified atom stereocenters. The molecule has 0 saturated heterocycles. The molecule has 0 aliphatic rings. The fourth-order valence-electron chi connectivity index (χ4n) is 1.14. The molecule has 1 N–H and O–H groups in total. The summed E-state index contributed by atoms with van der Waals surface area (Å²) in [7, 11) is -2.54. The Morgan fingerprint density at radius 3 is 2.22 bits per heavy atom. The van der Waals surface area contributed by atoms with Gasteiger partial charge in [0, 0.05) is 0 Å². The molecule has 0 spiro atoms. The molecule has 0 heterocycles. The van der Waals surface area contributed by atoms with Gasteiger partial charge in [0.1, 0.15) is 4.90 Å². The Labute approximate surface area is 101 Å². The monoisotopic (exact) mass is 283 g/mol. The third-order valence-corrected chi connectivity index (χ3v) is 3.49. The van der Waals surface area contributed by atoms with Crippen LogP contribution in [-0.2, 0) is 14.8 Å². The number of hydrogen-bond donors (Lipinski definition) is 1. The highest BCUT2D eigenvalue weighted by Gasteiger charge is 2.28. The Balaban J connectivity index is 3.67. The first-order valence-corrected chi connectivity index (χ1v) is 5.94. The van der Waals surface area contributed by atoms with Crippen molar-refractivity contribution < 1.29 is 31.1 Å². The Morgan fingerprint density at radius 1 is 1.22 bits per heavy atom. The lowest BCUT2D eigenvalue weighted by Gasteiger charge is -2.08. The third-order valence-electron chi connectivity index (χ3n) is 2.08. The number of hydrogen-bond acceptors (Lipinski definition) is 4. The molecule has 0 aromatic heterocycles. The molecule has 1 aromatic carbocycles. The van der Waals surface area contributed by atoms with Gasteiger partial charge in [-0.3, -0.25) is 0 Å². The van der Waals surface area contributed by atoms with E-state index in [4.69, 9.17) is 0 Å². The Hall–Kier alpha value is -1.61. The van der Waals surface area contributed by atoms with Gasteiger partial charge in [-0.25, -0.2) is 31.1 Å². The normalized spacial score (nSPS) is 11.4. The lowest BCUT2D eigenvalue weighted by molar-refractivity contribution is 0.0593. The lowest BCUT2D eigenvalue weighted by atomic mass is 10.2. The first kappa shape index (κ1) is 14.5. The molecule has 0 bridgehead atoms. The van der Waals surface area contributed by atoms with E-state index in [1.807, 2.05) is 0 Å². The van der Waals surface area contributed by atoms with Gasteiger partial charge < -0.3 is 4.74 Å². The van der Waals surface area contributed by atoms with Crippen LogP contribution in [0.1, 0.15) is 10.4 Å². The quantitative estimate of drug-likeness (QED) is 0.658. The van der Waals surface area contributed by atoms with Crippen LogP contribution in [0.2, 0.25) is 0 Å². The number of carbonyl (C=O) groups is 1. The summed E-state index contributed by atoms with van der Waals surface area (Å²) in [5.41, 5.74) is -1.01. The van der Waals surface area contributed by atoms with Crippen LogP contribution in [0, 0.1) is 17.5 Å². The molecular weight excluding hydrogens is 275 g/mol. The molecule has 1 rings (SSSR count). The molecule has 0 fully saturated rings. The Morgan fingerprint density at radius 2 is 1.78 bits per heavy atom. The number of halogens is 3. The van der Waals surface area contributed by atoms with Gasteiger partial charge in [0.05, 0.1) is 12.7 Å². The highest BCUT2D eigenvalue weighted by atomic mass is 32.2. The second-order valence-corrected chi connectivity index (χ2v) is 4.92. The van der Waals surface area contributed by atoms with E-state index >= 15 is 0 Å². The van der Waals surface area contributed by atoms with Crippen LogP contribution in [0.25, 0.3) is 0 Å². The highest BCUT2D eigenvalue weighted by Crippen LogP contribution is 2.23. The Bertz CT molecular complexity index is 600. The van der Waals surface area contributed by atoms with Crippen LogP contribution in [0.3, 0.4) is 0 Å². The van der Waals surface area contributed by atoms with Crippen LogP contribution >= 0.6 is 0 Å². The van der Waals surface area contributed by atoms with E-state index in [2.05, 4.69) is 4.74 Å². The molecule has 0 radical (unpaired) electrons. The van der Waals surface area contributed by atoms with E-state index < -0.39 is 43.9 Å². The van der Waals surface area contributed by atoms with E-state index in [0.717, 1.165) is 14.2 Å². The van der Waals surface area contributed by atoms with E-state index in [1.165, 1.54) is 0 Å². The van der Waals surface area contributed by atoms with Gasteiger partial charge in [0.15, 0.2) is 17.5 Å². The molecule has 0 amide bonds. The van der Waals surface area contributed by atoms with Crippen LogP contribution in [-0.4, -0.2) is 28.5 Å². The number of nitrogens with one attached hydrogen (secondary N) is 1. The van der Waals surface area contributed by atoms with Crippen LogP contribution < -0.4 is 4.72 Å². The molecule has 0 aliphatic carbocycles. The van der Waals surface area contributed by atoms with Crippen molar-refractivity contribution in [2.24, 2.45) is 0 Å². The van der Waals surface area contributed by atoms with E-state index in [0.29, 0.717) is 6.07 Å².